The first-order valence-electron chi connectivity index (χ1n) is 10.2. The minimum absolute atomic E-state index is 0. The zero-order valence-corrected chi connectivity index (χ0v) is 18.3. The fourth-order valence-corrected chi connectivity index (χ4v) is 4.91. The van der Waals surface area contributed by atoms with Gasteiger partial charge in [0.2, 0.25) is 5.91 Å². The van der Waals surface area contributed by atoms with E-state index in [1.807, 2.05) is 19.1 Å². The molecule has 0 radical (unpaired) electrons. The number of halogens is 2. The van der Waals surface area contributed by atoms with Crippen molar-refractivity contribution in [2.45, 2.75) is 51.1 Å². The number of amides is 1. The van der Waals surface area contributed by atoms with Crippen LogP contribution in [0.15, 0.2) is 24.3 Å². The first kappa shape index (κ1) is 23.1. The van der Waals surface area contributed by atoms with Crippen LogP contribution in [0.1, 0.15) is 39.0 Å². The van der Waals surface area contributed by atoms with Gasteiger partial charge >= 0.3 is 0 Å². The Morgan fingerprint density at radius 1 is 1.07 bits per heavy atom. The van der Waals surface area contributed by atoms with E-state index >= 15 is 0 Å². The van der Waals surface area contributed by atoms with Crippen LogP contribution in [-0.4, -0.2) is 55.7 Å². The average Bonchev–Trinajstić information content (AvgIpc) is 3.01. The lowest BCUT2D eigenvalue weighted by atomic mass is 9.89. The van der Waals surface area contributed by atoms with Crippen molar-refractivity contribution in [1.82, 2.24) is 10.2 Å². The molecule has 2 atom stereocenters. The molecule has 3 aliphatic heterocycles. The molecule has 1 aromatic carbocycles. The monoisotopic (exact) mass is 429 g/mol. The molecule has 3 aliphatic rings. The summed E-state index contributed by atoms with van der Waals surface area (Å²) in [4.78, 5) is 17.2. The summed E-state index contributed by atoms with van der Waals surface area (Å²) in [5.74, 6) is 1.88. The predicted octanol–water partition coefficient (Wildman–Crippen LogP) is 3.50. The Morgan fingerprint density at radius 3 is 2.36 bits per heavy atom. The van der Waals surface area contributed by atoms with Gasteiger partial charge < -0.3 is 19.9 Å². The van der Waals surface area contributed by atoms with Crippen molar-refractivity contribution >= 4 is 36.4 Å². The molecule has 1 amide bonds. The molecule has 1 aromatic rings. The van der Waals surface area contributed by atoms with Crippen molar-refractivity contribution in [3.63, 3.8) is 0 Å². The molecule has 0 aromatic heterocycles. The van der Waals surface area contributed by atoms with Gasteiger partial charge in [-0.25, -0.2) is 0 Å². The highest BCUT2D eigenvalue weighted by Crippen LogP contribution is 2.33. The van der Waals surface area contributed by atoms with E-state index in [9.17, 15) is 4.79 Å². The van der Waals surface area contributed by atoms with Crippen LogP contribution in [0.3, 0.4) is 0 Å². The van der Waals surface area contributed by atoms with Crippen LogP contribution >= 0.6 is 24.8 Å². The number of nitrogens with zero attached hydrogens (tertiary/aromatic N) is 2. The number of piperazine rings is 1. The zero-order chi connectivity index (χ0) is 17.9. The summed E-state index contributed by atoms with van der Waals surface area (Å²) in [5, 5.41) is 3.67. The van der Waals surface area contributed by atoms with Crippen LogP contribution in [0.25, 0.3) is 0 Å². The number of fused-ring (bicyclic) bond motifs is 2. The number of carbonyl (C=O) groups excluding carboxylic acids is 1. The van der Waals surface area contributed by atoms with E-state index in [1.54, 1.807) is 0 Å². The third-order valence-corrected chi connectivity index (χ3v) is 6.17. The predicted molar refractivity (Wildman–Crippen MR) is 118 cm³/mol. The third kappa shape index (κ3) is 5.25. The summed E-state index contributed by atoms with van der Waals surface area (Å²) in [6.07, 6.45) is 5.71. The van der Waals surface area contributed by atoms with Gasteiger partial charge in [0, 0.05) is 44.7 Å². The van der Waals surface area contributed by atoms with Gasteiger partial charge in [-0.05, 0) is 50.7 Å². The number of hydrogen-bond acceptors (Lipinski definition) is 4. The number of nitrogens with one attached hydrogen (secondary N) is 1. The topological polar surface area (TPSA) is 44.8 Å². The van der Waals surface area contributed by atoms with E-state index < -0.39 is 0 Å². The van der Waals surface area contributed by atoms with Gasteiger partial charge in [0.05, 0.1) is 12.3 Å². The minimum atomic E-state index is 0. The number of benzene rings is 1. The molecule has 158 valence electrons. The van der Waals surface area contributed by atoms with Crippen LogP contribution in [0.4, 0.5) is 5.69 Å². The summed E-state index contributed by atoms with van der Waals surface area (Å²) >= 11 is 0. The SMILES string of the molecule is CCOc1ccccc1N1CCN(C(=O)CC2CC3CCC(C2)N3)CC1.Cl.Cl. The maximum atomic E-state index is 12.8. The Balaban J connectivity index is 0.00000140. The van der Waals surface area contributed by atoms with Crippen LogP contribution in [0.2, 0.25) is 0 Å². The molecule has 0 saturated carbocycles. The van der Waals surface area contributed by atoms with Crippen LogP contribution < -0.4 is 15.0 Å². The second kappa shape index (κ2) is 10.6. The number of hydrogen-bond donors (Lipinski definition) is 1. The lowest BCUT2D eigenvalue weighted by Crippen LogP contribution is -2.49. The van der Waals surface area contributed by atoms with E-state index in [1.165, 1.54) is 25.7 Å². The van der Waals surface area contributed by atoms with Gasteiger partial charge in [-0.3, -0.25) is 4.79 Å². The number of piperidine rings is 1. The summed E-state index contributed by atoms with van der Waals surface area (Å²) in [5.41, 5.74) is 1.15. The van der Waals surface area contributed by atoms with Crippen LogP contribution in [0, 0.1) is 5.92 Å². The second-order valence-electron chi connectivity index (χ2n) is 7.95. The van der Waals surface area contributed by atoms with Crippen LogP contribution in [-0.2, 0) is 4.79 Å². The molecular weight excluding hydrogens is 397 g/mol. The van der Waals surface area contributed by atoms with Crippen molar-refractivity contribution in [2.24, 2.45) is 5.92 Å². The van der Waals surface area contributed by atoms with Crippen molar-refractivity contribution in [3.05, 3.63) is 24.3 Å². The molecule has 3 fully saturated rings. The van der Waals surface area contributed by atoms with Gasteiger partial charge in [0.25, 0.3) is 0 Å². The summed E-state index contributed by atoms with van der Waals surface area (Å²) in [7, 11) is 0. The van der Waals surface area contributed by atoms with Gasteiger partial charge in [-0.2, -0.15) is 0 Å². The number of para-hydroxylation sites is 2. The summed E-state index contributed by atoms with van der Waals surface area (Å²) < 4.78 is 5.76. The van der Waals surface area contributed by atoms with E-state index in [-0.39, 0.29) is 24.8 Å². The highest BCUT2D eigenvalue weighted by molar-refractivity contribution is 5.85. The van der Waals surface area contributed by atoms with E-state index in [0.29, 0.717) is 30.5 Å². The highest BCUT2D eigenvalue weighted by Gasteiger charge is 2.35. The Kier molecular flexibility index (Phi) is 8.72. The number of rotatable bonds is 5. The minimum Gasteiger partial charge on any atom is -0.492 e. The first-order chi connectivity index (χ1) is 12.7. The molecule has 2 unspecified atom stereocenters. The average molecular weight is 430 g/mol. The highest BCUT2D eigenvalue weighted by atomic mass is 35.5. The number of ether oxygens (including phenoxy) is 1. The molecule has 1 N–H and O–H groups in total. The van der Waals surface area contributed by atoms with Crippen molar-refractivity contribution in [3.8, 4) is 5.75 Å². The van der Waals surface area contributed by atoms with Gasteiger partial charge in [0.15, 0.2) is 0 Å². The molecule has 0 spiro atoms. The fraction of sp³-hybridized carbons (Fsp3) is 0.667. The first-order valence-corrected chi connectivity index (χ1v) is 10.2. The largest absolute Gasteiger partial charge is 0.492 e. The lowest BCUT2D eigenvalue weighted by molar-refractivity contribution is -0.132. The van der Waals surface area contributed by atoms with Gasteiger partial charge in [0.1, 0.15) is 5.75 Å². The van der Waals surface area contributed by atoms with E-state index in [4.69, 9.17) is 4.74 Å². The van der Waals surface area contributed by atoms with Crippen molar-refractivity contribution < 1.29 is 9.53 Å². The van der Waals surface area contributed by atoms with E-state index in [2.05, 4.69) is 27.2 Å². The maximum Gasteiger partial charge on any atom is 0.222 e. The smallest absolute Gasteiger partial charge is 0.222 e. The van der Waals surface area contributed by atoms with Crippen molar-refractivity contribution in [2.75, 3.05) is 37.7 Å². The number of anilines is 1. The summed E-state index contributed by atoms with van der Waals surface area (Å²) in [6, 6.07) is 9.55. The fourth-order valence-electron chi connectivity index (χ4n) is 4.91. The van der Waals surface area contributed by atoms with E-state index in [0.717, 1.165) is 44.0 Å². The molecular formula is C21H33Cl2N3O2. The van der Waals surface area contributed by atoms with Gasteiger partial charge in [-0.15, -0.1) is 24.8 Å². The standard InChI is InChI=1S/C21H31N3O2.2ClH/c1-2-26-20-6-4-3-5-19(20)23-9-11-24(12-10-23)21(25)15-16-13-17-7-8-18(14-16)22-17;;/h3-6,16-18,22H,2,7-15H2,1H3;2*1H. The molecule has 28 heavy (non-hydrogen) atoms. The molecule has 3 heterocycles. The Labute approximate surface area is 181 Å². The quantitative estimate of drug-likeness (QED) is 0.777. The van der Waals surface area contributed by atoms with Crippen LogP contribution in [0.5, 0.6) is 5.75 Å². The molecule has 2 bridgehead atoms. The summed E-state index contributed by atoms with van der Waals surface area (Å²) in [6.45, 7) is 6.09. The van der Waals surface area contributed by atoms with Gasteiger partial charge in [-0.1, -0.05) is 12.1 Å². The third-order valence-electron chi connectivity index (χ3n) is 6.17. The molecule has 3 saturated heterocycles. The zero-order valence-electron chi connectivity index (χ0n) is 16.6. The van der Waals surface area contributed by atoms with Crippen molar-refractivity contribution in [1.29, 1.82) is 0 Å². The number of carbonyl (C=O) groups is 1. The molecule has 7 heteroatoms. The molecule has 0 aliphatic carbocycles. The molecule has 5 nitrogen and oxygen atoms in total. The molecule has 4 rings (SSSR count). The second-order valence-corrected chi connectivity index (χ2v) is 7.95. The Hall–Kier alpha value is -1.17. The Morgan fingerprint density at radius 2 is 1.71 bits per heavy atom. The normalized spacial score (nSPS) is 26.2. The lowest BCUT2D eigenvalue weighted by Gasteiger charge is -2.38. The Bertz CT molecular complexity index is 626. The maximum absolute atomic E-state index is 12.8.